The Kier molecular flexibility index (Phi) is 4.20. The molecule has 9 heteroatoms. The number of hydrogen-bond donors (Lipinski definition) is 1. The molecule has 0 fully saturated rings. The van der Waals surface area contributed by atoms with Crippen LogP contribution in [0.2, 0.25) is 5.02 Å². The molecule has 0 saturated heterocycles. The second-order valence-corrected chi connectivity index (χ2v) is 5.62. The third-order valence-corrected chi connectivity index (χ3v) is 3.93. The molecule has 1 N–H and O–H groups in total. The Morgan fingerprint density at radius 3 is 2.80 bits per heavy atom. The fourth-order valence-corrected chi connectivity index (χ4v) is 2.57. The molecule has 0 spiro atoms. The number of fused-ring (bicyclic) bond motifs is 1. The topological polar surface area (TPSA) is 107 Å². The Bertz CT molecular complexity index is 1080. The molecule has 2 aromatic heterocycles. The predicted octanol–water partition coefficient (Wildman–Crippen LogP) is 2.75. The summed E-state index contributed by atoms with van der Waals surface area (Å²) < 4.78 is 1.27. The molecule has 25 heavy (non-hydrogen) atoms. The van der Waals surface area contributed by atoms with Crippen LogP contribution >= 0.6 is 11.6 Å². The molecule has 0 bridgehead atoms. The van der Waals surface area contributed by atoms with E-state index in [-0.39, 0.29) is 22.0 Å². The molecule has 0 aliphatic carbocycles. The number of nitro benzene ring substituents is 1. The van der Waals surface area contributed by atoms with Gasteiger partial charge in [-0.05, 0) is 30.3 Å². The van der Waals surface area contributed by atoms with Crippen LogP contribution in [-0.4, -0.2) is 20.4 Å². The highest BCUT2D eigenvalue weighted by molar-refractivity contribution is 6.32. The van der Waals surface area contributed by atoms with Gasteiger partial charge in [0.2, 0.25) is 0 Å². The molecule has 3 rings (SSSR count). The molecular weight excluding hydrogens is 348 g/mol. The Balaban J connectivity index is 2.01. The van der Waals surface area contributed by atoms with Gasteiger partial charge in [0.1, 0.15) is 16.2 Å². The van der Waals surface area contributed by atoms with Gasteiger partial charge in [-0.25, -0.2) is 4.98 Å². The number of anilines is 1. The monoisotopic (exact) mass is 358 g/mol. The van der Waals surface area contributed by atoms with Crippen molar-refractivity contribution >= 4 is 39.9 Å². The van der Waals surface area contributed by atoms with Gasteiger partial charge in [0.05, 0.1) is 4.92 Å². The third-order valence-electron chi connectivity index (χ3n) is 3.61. The highest BCUT2D eigenvalue weighted by atomic mass is 35.5. The van der Waals surface area contributed by atoms with Crippen LogP contribution < -0.4 is 10.9 Å². The number of pyridine rings is 2. The number of nitro groups is 1. The van der Waals surface area contributed by atoms with E-state index in [9.17, 15) is 19.7 Å². The van der Waals surface area contributed by atoms with Crippen molar-refractivity contribution in [3.63, 3.8) is 0 Å². The normalized spacial score (nSPS) is 10.6. The minimum Gasteiger partial charge on any atom is -0.322 e. The van der Waals surface area contributed by atoms with E-state index < -0.39 is 16.4 Å². The van der Waals surface area contributed by atoms with Gasteiger partial charge in [0.15, 0.2) is 0 Å². The highest BCUT2D eigenvalue weighted by Crippen LogP contribution is 2.27. The van der Waals surface area contributed by atoms with Crippen molar-refractivity contribution in [2.75, 3.05) is 5.32 Å². The van der Waals surface area contributed by atoms with E-state index in [0.29, 0.717) is 11.0 Å². The number of rotatable bonds is 3. The molecule has 8 nitrogen and oxygen atoms in total. The summed E-state index contributed by atoms with van der Waals surface area (Å²) in [4.78, 5) is 39.2. The van der Waals surface area contributed by atoms with Crippen LogP contribution in [0.25, 0.3) is 11.0 Å². The predicted molar refractivity (Wildman–Crippen MR) is 93.0 cm³/mol. The molecule has 0 unspecified atom stereocenters. The second kappa shape index (κ2) is 6.33. The van der Waals surface area contributed by atoms with Crippen LogP contribution in [0.1, 0.15) is 10.4 Å². The second-order valence-electron chi connectivity index (χ2n) is 5.22. The van der Waals surface area contributed by atoms with Crippen LogP contribution in [0.15, 0.2) is 47.4 Å². The first-order valence-corrected chi connectivity index (χ1v) is 7.46. The molecule has 1 amide bonds. The number of benzene rings is 1. The average molecular weight is 359 g/mol. The number of amides is 1. The van der Waals surface area contributed by atoms with E-state index in [0.717, 1.165) is 6.07 Å². The first kappa shape index (κ1) is 16.6. The minimum absolute atomic E-state index is 0.0457. The van der Waals surface area contributed by atoms with E-state index >= 15 is 0 Å². The lowest BCUT2D eigenvalue weighted by Gasteiger charge is -2.09. The first-order chi connectivity index (χ1) is 11.9. The fraction of sp³-hybridized carbons (Fsp3) is 0.0625. The Morgan fingerprint density at radius 2 is 2.08 bits per heavy atom. The Hall–Kier alpha value is -3.26. The molecular formula is C16H11ClN4O4. The van der Waals surface area contributed by atoms with Crippen molar-refractivity contribution in [3.8, 4) is 0 Å². The van der Waals surface area contributed by atoms with E-state index in [2.05, 4.69) is 10.3 Å². The van der Waals surface area contributed by atoms with Crippen molar-refractivity contribution in [1.29, 1.82) is 0 Å². The largest absolute Gasteiger partial charge is 0.322 e. The summed E-state index contributed by atoms with van der Waals surface area (Å²) in [5.74, 6) is -0.678. The SMILES string of the molecule is Cn1c(=O)c(C(=O)Nc2ccc(Cl)c([N+](=O)[O-])c2)cc2cccnc21. The smallest absolute Gasteiger partial charge is 0.289 e. The summed E-state index contributed by atoms with van der Waals surface area (Å²) in [6, 6.07) is 8.71. The highest BCUT2D eigenvalue weighted by Gasteiger charge is 2.17. The van der Waals surface area contributed by atoms with Gasteiger partial charge in [-0.3, -0.25) is 24.3 Å². The molecule has 126 valence electrons. The Morgan fingerprint density at radius 1 is 1.32 bits per heavy atom. The van der Waals surface area contributed by atoms with Crippen LogP contribution in [-0.2, 0) is 7.05 Å². The number of aryl methyl sites for hydroxylation is 1. The molecule has 0 saturated carbocycles. The average Bonchev–Trinajstić information content (AvgIpc) is 2.59. The number of nitrogens with zero attached hydrogens (tertiary/aromatic N) is 3. The summed E-state index contributed by atoms with van der Waals surface area (Å²) in [5, 5.41) is 14.0. The quantitative estimate of drug-likeness (QED) is 0.572. The first-order valence-electron chi connectivity index (χ1n) is 7.08. The maximum absolute atomic E-state index is 12.4. The number of halogens is 1. The fourth-order valence-electron chi connectivity index (χ4n) is 2.39. The Labute approximate surface area is 145 Å². The van der Waals surface area contributed by atoms with Crippen molar-refractivity contribution in [2.24, 2.45) is 7.05 Å². The number of aromatic nitrogens is 2. The summed E-state index contributed by atoms with van der Waals surface area (Å²) in [7, 11) is 1.52. The number of carbonyl (C=O) groups is 1. The molecule has 0 atom stereocenters. The zero-order chi connectivity index (χ0) is 18.1. The molecule has 1 aromatic carbocycles. The standard InChI is InChI=1S/C16H11ClN4O4/c1-20-14-9(3-2-6-18-14)7-11(16(20)23)15(22)19-10-4-5-12(17)13(8-10)21(24)25/h2-8H,1H3,(H,19,22). The van der Waals surface area contributed by atoms with Gasteiger partial charge in [-0.2, -0.15) is 0 Å². The van der Waals surface area contributed by atoms with E-state index in [1.807, 2.05) is 0 Å². The van der Waals surface area contributed by atoms with Crippen LogP contribution in [0.4, 0.5) is 11.4 Å². The van der Waals surface area contributed by atoms with Gasteiger partial charge in [-0.15, -0.1) is 0 Å². The van der Waals surface area contributed by atoms with Gasteiger partial charge in [0.25, 0.3) is 17.2 Å². The summed E-state index contributed by atoms with van der Waals surface area (Å²) in [6.07, 6.45) is 1.55. The lowest BCUT2D eigenvalue weighted by atomic mass is 10.2. The molecule has 0 radical (unpaired) electrons. The number of carbonyl (C=O) groups excluding carboxylic acids is 1. The van der Waals surface area contributed by atoms with Crippen LogP contribution in [0.3, 0.4) is 0 Å². The van der Waals surface area contributed by atoms with Crippen molar-refractivity contribution < 1.29 is 9.72 Å². The zero-order valence-corrected chi connectivity index (χ0v) is 13.6. The van der Waals surface area contributed by atoms with E-state index in [4.69, 9.17) is 11.6 Å². The lowest BCUT2D eigenvalue weighted by Crippen LogP contribution is -2.28. The summed E-state index contributed by atoms with van der Waals surface area (Å²) in [5.41, 5.74) is -0.344. The van der Waals surface area contributed by atoms with Crippen molar-refractivity contribution in [1.82, 2.24) is 9.55 Å². The van der Waals surface area contributed by atoms with Crippen molar-refractivity contribution in [3.05, 3.63) is 73.6 Å². The van der Waals surface area contributed by atoms with Gasteiger partial charge in [-0.1, -0.05) is 11.6 Å². The maximum Gasteiger partial charge on any atom is 0.289 e. The molecule has 2 heterocycles. The van der Waals surface area contributed by atoms with Crippen LogP contribution in [0.5, 0.6) is 0 Å². The maximum atomic E-state index is 12.4. The van der Waals surface area contributed by atoms with Gasteiger partial charge in [0, 0.05) is 30.4 Å². The van der Waals surface area contributed by atoms with Gasteiger partial charge < -0.3 is 5.32 Å². The van der Waals surface area contributed by atoms with Gasteiger partial charge >= 0.3 is 0 Å². The minimum atomic E-state index is -0.678. The summed E-state index contributed by atoms with van der Waals surface area (Å²) >= 11 is 5.74. The molecule has 0 aliphatic rings. The number of hydrogen-bond acceptors (Lipinski definition) is 5. The molecule has 3 aromatic rings. The van der Waals surface area contributed by atoms with Crippen molar-refractivity contribution in [2.45, 2.75) is 0 Å². The molecule has 0 aliphatic heterocycles. The van der Waals surface area contributed by atoms with E-state index in [1.54, 1.807) is 18.3 Å². The lowest BCUT2D eigenvalue weighted by molar-refractivity contribution is -0.384. The van der Waals surface area contributed by atoms with E-state index in [1.165, 1.54) is 29.8 Å². The summed E-state index contributed by atoms with van der Waals surface area (Å²) in [6.45, 7) is 0. The number of nitrogens with one attached hydrogen (secondary N) is 1. The zero-order valence-electron chi connectivity index (χ0n) is 12.9. The van der Waals surface area contributed by atoms with Crippen LogP contribution in [0, 0.1) is 10.1 Å². The third kappa shape index (κ3) is 3.07.